The van der Waals surface area contributed by atoms with Crippen molar-refractivity contribution in [3.63, 3.8) is 0 Å². The van der Waals surface area contributed by atoms with Gasteiger partial charge in [-0.25, -0.2) is 0 Å². The molecule has 0 spiro atoms. The van der Waals surface area contributed by atoms with E-state index in [2.05, 4.69) is 19.2 Å². The smallest absolute Gasteiger partial charge is 0.136 e. The van der Waals surface area contributed by atoms with Crippen LogP contribution in [0, 0.1) is 0 Å². The van der Waals surface area contributed by atoms with E-state index in [1.165, 1.54) is 0 Å². The Morgan fingerprint density at radius 3 is 2.50 bits per heavy atom. The Bertz CT molecular complexity index is 433. The Balaban J connectivity index is 1.76. The average molecular weight is 275 g/mol. The summed E-state index contributed by atoms with van der Waals surface area (Å²) in [6.45, 7) is 6.24. The zero-order chi connectivity index (χ0) is 14.5. The van der Waals surface area contributed by atoms with E-state index in [9.17, 15) is 4.79 Å². The summed E-state index contributed by atoms with van der Waals surface area (Å²) >= 11 is 0. The van der Waals surface area contributed by atoms with Gasteiger partial charge in [-0.15, -0.1) is 0 Å². The standard InChI is InChI=1S/C17H25NO2/c1-4-15(19)9-13-5-7-16(8-6-13)20-17-10-14(11-17)18-12(2)3/h5-8,12,14,17-18H,4,9-11H2,1-3H3. The molecule has 0 unspecified atom stereocenters. The third kappa shape index (κ3) is 4.34. The molecule has 110 valence electrons. The van der Waals surface area contributed by atoms with E-state index in [0.717, 1.165) is 24.2 Å². The minimum absolute atomic E-state index is 0.278. The highest BCUT2D eigenvalue weighted by atomic mass is 16.5. The zero-order valence-electron chi connectivity index (χ0n) is 12.7. The molecule has 20 heavy (non-hydrogen) atoms. The molecule has 1 aliphatic rings. The lowest BCUT2D eigenvalue weighted by molar-refractivity contribution is -0.118. The number of hydrogen-bond acceptors (Lipinski definition) is 3. The molecule has 1 saturated carbocycles. The van der Waals surface area contributed by atoms with Gasteiger partial charge in [0.05, 0.1) is 0 Å². The maximum atomic E-state index is 11.4. The number of nitrogens with one attached hydrogen (secondary N) is 1. The van der Waals surface area contributed by atoms with E-state index in [-0.39, 0.29) is 5.78 Å². The quantitative estimate of drug-likeness (QED) is 0.831. The van der Waals surface area contributed by atoms with Crippen LogP contribution in [0.1, 0.15) is 45.6 Å². The van der Waals surface area contributed by atoms with Crippen LogP contribution >= 0.6 is 0 Å². The van der Waals surface area contributed by atoms with Crippen molar-refractivity contribution in [3.05, 3.63) is 29.8 Å². The summed E-state index contributed by atoms with van der Waals surface area (Å²) in [5, 5.41) is 3.51. The van der Waals surface area contributed by atoms with Gasteiger partial charge in [-0.2, -0.15) is 0 Å². The van der Waals surface area contributed by atoms with Gasteiger partial charge < -0.3 is 10.1 Å². The van der Waals surface area contributed by atoms with Crippen molar-refractivity contribution in [2.75, 3.05) is 0 Å². The first-order valence-electron chi connectivity index (χ1n) is 7.60. The SMILES string of the molecule is CCC(=O)Cc1ccc(OC2CC(NC(C)C)C2)cc1. The molecule has 0 aliphatic heterocycles. The topological polar surface area (TPSA) is 38.3 Å². The minimum Gasteiger partial charge on any atom is -0.490 e. The van der Waals surface area contributed by atoms with E-state index in [0.29, 0.717) is 31.0 Å². The molecular weight excluding hydrogens is 250 g/mol. The average Bonchev–Trinajstić information content (AvgIpc) is 2.37. The van der Waals surface area contributed by atoms with Gasteiger partial charge in [-0.1, -0.05) is 32.9 Å². The van der Waals surface area contributed by atoms with Crippen LogP contribution in [0.15, 0.2) is 24.3 Å². The summed E-state index contributed by atoms with van der Waals surface area (Å²) in [6, 6.07) is 9.07. The van der Waals surface area contributed by atoms with Gasteiger partial charge in [0.1, 0.15) is 17.6 Å². The van der Waals surface area contributed by atoms with Gasteiger partial charge in [0.2, 0.25) is 0 Å². The fourth-order valence-electron chi connectivity index (χ4n) is 2.50. The number of carbonyl (C=O) groups is 1. The third-order valence-electron chi connectivity index (χ3n) is 3.69. The second-order valence-corrected chi connectivity index (χ2v) is 5.94. The third-order valence-corrected chi connectivity index (χ3v) is 3.69. The number of benzene rings is 1. The molecular formula is C17H25NO2. The lowest BCUT2D eigenvalue weighted by Gasteiger charge is -2.37. The largest absolute Gasteiger partial charge is 0.490 e. The van der Waals surface area contributed by atoms with Gasteiger partial charge >= 0.3 is 0 Å². The summed E-state index contributed by atoms with van der Waals surface area (Å²) < 4.78 is 5.92. The first-order valence-corrected chi connectivity index (χ1v) is 7.60. The molecule has 0 aromatic heterocycles. The maximum absolute atomic E-state index is 11.4. The van der Waals surface area contributed by atoms with Crippen molar-refractivity contribution in [3.8, 4) is 5.75 Å². The van der Waals surface area contributed by atoms with E-state index < -0.39 is 0 Å². The molecule has 0 amide bonds. The van der Waals surface area contributed by atoms with Crippen molar-refractivity contribution in [2.45, 2.75) is 64.6 Å². The summed E-state index contributed by atoms with van der Waals surface area (Å²) in [5.41, 5.74) is 1.07. The lowest BCUT2D eigenvalue weighted by atomic mass is 9.88. The van der Waals surface area contributed by atoms with Gasteiger partial charge in [0.25, 0.3) is 0 Å². The number of Topliss-reactive ketones (excluding diaryl/α,β-unsaturated/α-hetero) is 1. The molecule has 3 nitrogen and oxygen atoms in total. The normalized spacial score (nSPS) is 21.6. The second kappa shape index (κ2) is 6.89. The first-order chi connectivity index (χ1) is 9.56. The number of rotatable bonds is 7. The van der Waals surface area contributed by atoms with Crippen LogP contribution in [0.3, 0.4) is 0 Å². The highest BCUT2D eigenvalue weighted by Crippen LogP contribution is 2.26. The predicted molar refractivity (Wildman–Crippen MR) is 81.2 cm³/mol. The van der Waals surface area contributed by atoms with Crippen LogP contribution in [0.25, 0.3) is 0 Å². The maximum Gasteiger partial charge on any atom is 0.136 e. The van der Waals surface area contributed by atoms with Crippen molar-refractivity contribution in [2.24, 2.45) is 0 Å². The number of hydrogen-bond donors (Lipinski definition) is 1. The first kappa shape index (κ1) is 15.0. The Morgan fingerprint density at radius 2 is 1.95 bits per heavy atom. The van der Waals surface area contributed by atoms with Gasteiger partial charge in [0.15, 0.2) is 0 Å². The summed E-state index contributed by atoms with van der Waals surface area (Å²) in [4.78, 5) is 11.4. The van der Waals surface area contributed by atoms with Crippen molar-refractivity contribution < 1.29 is 9.53 Å². The highest BCUT2D eigenvalue weighted by Gasteiger charge is 2.30. The van der Waals surface area contributed by atoms with Crippen molar-refractivity contribution in [1.82, 2.24) is 5.32 Å². The molecule has 1 fully saturated rings. The highest BCUT2D eigenvalue weighted by molar-refractivity contribution is 5.80. The molecule has 0 saturated heterocycles. The van der Waals surface area contributed by atoms with Gasteiger partial charge in [-0.3, -0.25) is 4.79 Å². The Morgan fingerprint density at radius 1 is 1.30 bits per heavy atom. The summed E-state index contributed by atoms with van der Waals surface area (Å²) in [6.07, 6.45) is 3.61. The van der Waals surface area contributed by atoms with Crippen LogP contribution in [-0.2, 0) is 11.2 Å². The van der Waals surface area contributed by atoms with Crippen LogP contribution in [0.5, 0.6) is 5.75 Å². The van der Waals surface area contributed by atoms with Crippen molar-refractivity contribution in [1.29, 1.82) is 0 Å². The van der Waals surface area contributed by atoms with E-state index in [4.69, 9.17) is 4.74 Å². The number of ether oxygens (including phenoxy) is 1. The molecule has 1 aliphatic carbocycles. The molecule has 0 atom stereocenters. The fourth-order valence-corrected chi connectivity index (χ4v) is 2.50. The van der Waals surface area contributed by atoms with E-state index >= 15 is 0 Å². The molecule has 0 bridgehead atoms. The number of ketones is 1. The van der Waals surface area contributed by atoms with Crippen LogP contribution in [0.4, 0.5) is 0 Å². The fraction of sp³-hybridized carbons (Fsp3) is 0.588. The second-order valence-electron chi connectivity index (χ2n) is 5.94. The zero-order valence-corrected chi connectivity index (χ0v) is 12.7. The number of carbonyl (C=O) groups excluding carboxylic acids is 1. The molecule has 1 aromatic rings. The minimum atomic E-state index is 0.278. The molecule has 1 aromatic carbocycles. The van der Waals surface area contributed by atoms with Crippen molar-refractivity contribution >= 4 is 5.78 Å². The molecule has 0 heterocycles. The van der Waals surface area contributed by atoms with E-state index in [1.54, 1.807) is 0 Å². The van der Waals surface area contributed by atoms with Gasteiger partial charge in [0, 0.05) is 24.9 Å². The Kier molecular flexibility index (Phi) is 5.18. The lowest BCUT2D eigenvalue weighted by Crippen LogP contribution is -2.49. The van der Waals surface area contributed by atoms with Crippen LogP contribution in [-0.4, -0.2) is 24.0 Å². The van der Waals surface area contributed by atoms with Crippen LogP contribution in [0.2, 0.25) is 0 Å². The molecule has 2 rings (SSSR count). The summed E-state index contributed by atoms with van der Waals surface area (Å²) in [7, 11) is 0. The Labute approximate surface area is 121 Å². The molecule has 1 N–H and O–H groups in total. The monoisotopic (exact) mass is 275 g/mol. The predicted octanol–water partition coefficient (Wildman–Crippen LogP) is 3.12. The van der Waals surface area contributed by atoms with Crippen LogP contribution < -0.4 is 10.1 Å². The Hall–Kier alpha value is -1.35. The summed E-state index contributed by atoms with van der Waals surface area (Å²) in [5.74, 6) is 1.19. The molecule has 0 radical (unpaired) electrons. The van der Waals surface area contributed by atoms with Gasteiger partial charge in [-0.05, 0) is 30.5 Å². The molecule has 3 heteroatoms. The van der Waals surface area contributed by atoms with E-state index in [1.807, 2.05) is 31.2 Å².